The molecule has 1 aliphatic heterocycles. The Morgan fingerprint density at radius 1 is 1.00 bits per heavy atom. The molecule has 4 fully saturated rings. The van der Waals surface area contributed by atoms with Crippen LogP contribution in [0.3, 0.4) is 0 Å². The van der Waals surface area contributed by atoms with E-state index in [1.807, 2.05) is 24.3 Å². The Bertz CT molecular complexity index is 1240. The molecule has 4 nitrogen and oxygen atoms in total. The summed E-state index contributed by atoms with van der Waals surface area (Å²) in [6.07, 6.45) is 11.6. The average molecular weight is 498 g/mol. The van der Waals surface area contributed by atoms with Gasteiger partial charge in [0, 0.05) is 17.7 Å². The normalized spacial score (nSPS) is 31.3. The van der Waals surface area contributed by atoms with Crippen molar-refractivity contribution in [2.75, 3.05) is 0 Å². The molecule has 4 bridgehead atoms. The number of carbonyl (C=O) groups is 1. The van der Waals surface area contributed by atoms with Crippen molar-refractivity contribution in [1.82, 2.24) is 10.6 Å². The van der Waals surface area contributed by atoms with E-state index in [2.05, 4.69) is 22.8 Å². The van der Waals surface area contributed by atoms with E-state index in [4.69, 9.17) is 4.99 Å². The lowest BCUT2D eigenvalue weighted by Gasteiger charge is -2.57. The van der Waals surface area contributed by atoms with Crippen LogP contribution in [0.5, 0.6) is 0 Å². The number of allylic oxidation sites excluding steroid dienone is 1. The minimum absolute atomic E-state index is 0.0573. The molecule has 37 heavy (non-hydrogen) atoms. The number of nitrogens with one attached hydrogen (secondary N) is 2. The number of amides is 1. The summed E-state index contributed by atoms with van der Waals surface area (Å²) in [7, 11) is 0. The monoisotopic (exact) mass is 497 g/mol. The van der Waals surface area contributed by atoms with Crippen molar-refractivity contribution in [1.29, 1.82) is 0 Å². The molecular weight excluding hydrogens is 461 g/mol. The van der Waals surface area contributed by atoms with Gasteiger partial charge in [0.25, 0.3) is 0 Å². The van der Waals surface area contributed by atoms with Crippen molar-refractivity contribution in [2.24, 2.45) is 28.2 Å². The third-order valence-electron chi connectivity index (χ3n) is 9.67. The van der Waals surface area contributed by atoms with Crippen molar-refractivity contribution in [2.45, 2.75) is 76.8 Å². The highest BCUT2D eigenvalue weighted by Crippen LogP contribution is 2.61. The lowest BCUT2D eigenvalue weighted by molar-refractivity contribution is -0.121. The standard InChI is InChI=1S/C32H36FN3O/c33-25-8-9-26-24(15-25)7-10-27-30(26)34-28(19-32-16-21-12-22(17-32)14-23(13-21)18-32)31(35-27)36-29(37)11-6-20-4-2-1-3-5-20/h1-5,8-9,15,21-23,31,35H,6-7,10-14,16-19H2,(H,36,37). The van der Waals surface area contributed by atoms with Gasteiger partial charge in [-0.05, 0) is 117 Å². The number of hydrogen-bond acceptors (Lipinski definition) is 3. The van der Waals surface area contributed by atoms with E-state index in [9.17, 15) is 9.18 Å². The van der Waals surface area contributed by atoms with E-state index in [0.717, 1.165) is 71.7 Å². The number of halogens is 1. The summed E-state index contributed by atoms with van der Waals surface area (Å²) in [5.41, 5.74) is 6.65. The van der Waals surface area contributed by atoms with Crippen LogP contribution in [0.1, 0.15) is 74.5 Å². The Labute approximate surface area is 218 Å². The maximum absolute atomic E-state index is 14.0. The molecule has 4 saturated carbocycles. The summed E-state index contributed by atoms with van der Waals surface area (Å²) in [5, 5.41) is 7.01. The second kappa shape index (κ2) is 9.11. The fraction of sp³-hybridized carbons (Fsp3) is 0.500. The van der Waals surface area contributed by atoms with Crippen molar-refractivity contribution in [3.05, 3.63) is 76.7 Å². The fourth-order valence-corrected chi connectivity index (χ4v) is 8.56. The molecule has 1 amide bonds. The number of rotatable bonds is 6. The Kier molecular flexibility index (Phi) is 5.71. The van der Waals surface area contributed by atoms with Crippen LogP contribution < -0.4 is 10.6 Å². The van der Waals surface area contributed by atoms with E-state index in [1.165, 1.54) is 44.1 Å². The lowest BCUT2D eigenvalue weighted by Crippen LogP contribution is -2.55. The summed E-state index contributed by atoms with van der Waals surface area (Å²) >= 11 is 0. The zero-order valence-electron chi connectivity index (χ0n) is 21.4. The van der Waals surface area contributed by atoms with Crippen LogP contribution in [0.15, 0.2) is 59.2 Å². The molecule has 0 radical (unpaired) electrons. The van der Waals surface area contributed by atoms with Crippen LogP contribution in [0, 0.1) is 29.0 Å². The molecule has 2 aromatic carbocycles. The number of aliphatic imine (C=N–C) groups is 1. The smallest absolute Gasteiger partial charge is 0.222 e. The molecule has 2 aromatic rings. The fourth-order valence-electron chi connectivity index (χ4n) is 8.56. The van der Waals surface area contributed by atoms with Gasteiger partial charge in [-0.2, -0.15) is 0 Å². The summed E-state index contributed by atoms with van der Waals surface area (Å²) in [5.74, 6) is 2.48. The molecular formula is C32H36FN3O. The number of aryl methyl sites for hydroxylation is 2. The molecule has 1 heterocycles. The van der Waals surface area contributed by atoms with E-state index >= 15 is 0 Å². The topological polar surface area (TPSA) is 53.5 Å². The van der Waals surface area contributed by atoms with Crippen LogP contribution in [0.25, 0.3) is 5.70 Å². The Balaban J connectivity index is 1.16. The van der Waals surface area contributed by atoms with Crippen LogP contribution >= 0.6 is 0 Å². The molecule has 2 N–H and O–H groups in total. The summed E-state index contributed by atoms with van der Waals surface area (Å²) < 4.78 is 14.0. The van der Waals surface area contributed by atoms with Crippen molar-refractivity contribution < 1.29 is 9.18 Å². The molecule has 1 atom stereocenters. The number of hydrogen-bond donors (Lipinski definition) is 2. The SMILES string of the molecule is O=C(CCc1ccccc1)NC1NC2=C(N=C1CC13CC4CC(CC(C4)C1)C3)c1ccc(F)cc1CC2. The van der Waals surface area contributed by atoms with Gasteiger partial charge in [0.2, 0.25) is 5.91 Å². The summed E-state index contributed by atoms with van der Waals surface area (Å²) in [6.45, 7) is 0. The van der Waals surface area contributed by atoms with Gasteiger partial charge in [-0.15, -0.1) is 0 Å². The molecule has 8 rings (SSSR count). The molecule has 0 saturated heterocycles. The molecule has 1 unspecified atom stereocenters. The number of carbonyl (C=O) groups excluding carboxylic acids is 1. The van der Waals surface area contributed by atoms with Gasteiger partial charge in [0.15, 0.2) is 0 Å². The van der Waals surface area contributed by atoms with Gasteiger partial charge in [0.1, 0.15) is 12.0 Å². The Morgan fingerprint density at radius 3 is 2.46 bits per heavy atom. The van der Waals surface area contributed by atoms with Gasteiger partial charge in [-0.1, -0.05) is 30.3 Å². The molecule has 0 spiro atoms. The highest BCUT2D eigenvalue weighted by Gasteiger charge is 2.51. The third-order valence-corrected chi connectivity index (χ3v) is 9.67. The first kappa shape index (κ1) is 23.2. The van der Waals surface area contributed by atoms with Crippen LogP contribution in [0.2, 0.25) is 0 Å². The summed E-state index contributed by atoms with van der Waals surface area (Å²) in [6, 6.07) is 15.3. The van der Waals surface area contributed by atoms with Crippen molar-refractivity contribution >= 4 is 17.3 Å². The van der Waals surface area contributed by atoms with E-state index in [0.29, 0.717) is 11.8 Å². The lowest BCUT2D eigenvalue weighted by atomic mass is 9.48. The Hall–Kier alpha value is -2.95. The van der Waals surface area contributed by atoms with Crippen molar-refractivity contribution in [3.8, 4) is 0 Å². The largest absolute Gasteiger partial charge is 0.362 e. The quantitative estimate of drug-likeness (QED) is 0.502. The average Bonchev–Trinajstić information content (AvgIpc) is 2.87. The minimum Gasteiger partial charge on any atom is -0.362 e. The van der Waals surface area contributed by atoms with E-state index < -0.39 is 0 Å². The van der Waals surface area contributed by atoms with Gasteiger partial charge >= 0.3 is 0 Å². The van der Waals surface area contributed by atoms with Gasteiger partial charge in [-0.3, -0.25) is 9.79 Å². The maximum Gasteiger partial charge on any atom is 0.222 e. The van der Waals surface area contributed by atoms with E-state index in [1.54, 1.807) is 12.1 Å². The zero-order chi connectivity index (χ0) is 25.0. The molecule has 5 heteroatoms. The van der Waals surface area contributed by atoms with Crippen molar-refractivity contribution in [3.63, 3.8) is 0 Å². The number of benzene rings is 2. The molecule has 0 aromatic heterocycles. The zero-order valence-corrected chi connectivity index (χ0v) is 21.4. The van der Waals surface area contributed by atoms with Gasteiger partial charge in [0.05, 0.1) is 11.4 Å². The second-order valence-electron chi connectivity index (χ2n) is 12.5. The predicted molar refractivity (Wildman–Crippen MR) is 144 cm³/mol. The van der Waals surface area contributed by atoms with Crippen LogP contribution in [-0.2, 0) is 17.6 Å². The number of fused-ring (bicyclic) bond motifs is 2. The molecule has 5 aliphatic carbocycles. The summed E-state index contributed by atoms with van der Waals surface area (Å²) in [4.78, 5) is 18.4. The number of nitrogens with zero attached hydrogens (tertiary/aromatic N) is 1. The Morgan fingerprint density at radius 2 is 1.73 bits per heavy atom. The molecule has 192 valence electrons. The first-order valence-corrected chi connectivity index (χ1v) is 14.2. The first-order valence-electron chi connectivity index (χ1n) is 14.2. The van der Waals surface area contributed by atoms with Crippen LogP contribution in [0.4, 0.5) is 4.39 Å². The highest BCUT2D eigenvalue weighted by atomic mass is 19.1. The molecule has 6 aliphatic rings. The second-order valence-corrected chi connectivity index (χ2v) is 12.5. The minimum atomic E-state index is -0.267. The van der Waals surface area contributed by atoms with E-state index in [-0.39, 0.29) is 17.9 Å². The third kappa shape index (κ3) is 4.51. The van der Waals surface area contributed by atoms with Crippen LogP contribution in [-0.4, -0.2) is 17.8 Å². The first-order chi connectivity index (χ1) is 18.0. The predicted octanol–water partition coefficient (Wildman–Crippen LogP) is 6.17. The van der Waals surface area contributed by atoms with Gasteiger partial charge in [-0.25, -0.2) is 4.39 Å². The van der Waals surface area contributed by atoms with Gasteiger partial charge < -0.3 is 10.6 Å². The maximum atomic E-state index is 14.0. The highest BCUT2D eigenvalue weighted by molar-refractivity contribution is 5.99.